The molecule has 10 nitrogen and oxygen atoms in total. The van der Waals surface area contributed by atoms with Gasteiger partial charge in [0.05, 0.1) is 17.0 Å². The number of anilines is 1. The van der Waals surface area contributed by atoms with Crippen molar-refractivity contribution in [3.05, 3.63) is 24.3 Å². The van der Waals surface area contributed by atoms with Crippen LogP contribution in [0, 0.1) is 0 Å². The van der Waals surface area contributed by atoms with Gasteiger partial charge in [0, 0.05) is 33.9 Å². The number of thioether (sulfide) groups is 1. The molecule has 0 saturated carbocycles. The fraction of sp³-hybridized carbons (Fsp3) is 0.312. The normalized spacial score (nSPS) is 11.9. The van der Waals surface area contributed by atoms with Crippen LogP contribution < -0.4 is 5.32 Å². The van der Waals surface area contributed by atoms with Crippen LogP contribution in [0.5, 0.6) is 0 Å². The Bertz CT molecular complexity index is 983. The quantitative estimate of drug-likeness (QED) is 0.345. The second-order valence-corrected chi connectivity index (χ2v) is 9.89. The molecule has 1 heterocycles. The number of sulfonamides is 1. The molecule has 2 rings (SSSR count). The predicted octanol–water partition coefficient (Wildman–Crippen LogP) is 1.77. The van der Waals surface area contributed by atoms with Gasteiger partial charge in [-0.3, -0.25) is 4.79 Å². The summed E-state index contributed by atoms with van der Waals surface area (Å²) < 4.78 is 28.3. The molecule has 0 unspecified atom stereocenters. The van der Waals surface area contributed by atoms with Crippen molar-refractivity contribution in [2.24, 2.45) is 9.39 Å². The Labute approximate surface area is 177 Å². The molecule has 0 saturated heterocycles. The molecule has 0 atom stereocenters. The summed E-state index contributed by atoms with van der Waals surface area (Å²) >= 11 is 2.53. The number of carbonyl (C=O) groups is 1. The summed E-state index contributed by atoms with van der Waals surface area (Å²) in [7, 11) is 3.28. The van der Waals surface area contributed by atoms with Gasteiger partial charge in [-0.1, -0.05) is 23.1 Å². The molecular formula is C16H21N7O3S3. The smallest absolute Gasteiger partial charge is 0.283 e. The topological polar surface area (TPSA) is 120 Å². The van der Waals surface area contributed by atoms with E-state index in [9.17, 15) is 13.2 Å². The predicted molar refractivity (Wildman–Crippen MR) is 117 cm³/mol. The lowest BCUT2D eigenvalue weighted by atomic mass is 10.3. The van der Waals surface area contributed by atoms with Gasteiger partial charge in [0.25, 0.3) is 10.0 Å². The molecule has 1 aromatic heterocycles. The number of carbonyl (C=O) groups excluding carboxylic acids is 1. The molecule has 2 aromatic rings. The number of aliphatic imine (C=N–C) groups is 1. The van der Waals surface area contributed by atoms with Gasteiger partial charge in [-0.15, -0.1) is 14.6 Å². The van der Waals surface area contributed by atoms with E-state index in [1.54, 1.807) is 25.3 Å². The summed E-state index contributed by atoms with van der Waals surface area (Å²) in [5.41, 5.74) is 0.486. The summed E-state index contributed by atoms with van der Waals surface area (Å²) in [5, 5.41) is 11.1. The average molecular weight is 456 g/mol. The molecule has 0 bridgehead atoms. The number of amides is 1. The molecule has 1 aromatic carbocycles. The zero-order valence-electron chi connectivity index (χ0n) is 16.3. The second kappa shape index (κ2) is 10.3. The third-order valence-electron chi connectivity index (χ3n) is 2.97. The molecule has 0 aliphatic rings. The minimum atomic E-state index is -3.77. The lowest BCUT2D eigenvalue weighted by Crippen LogP contribution is -2.14. The summed E-state index contributed by atoms with van der Waals surface area (Å²) in [6.45, 7) is 0. The molecule has 0 fully saturated rings. The van der Waals surface area contributed by atoms with Gasteiger partial charge in [0.15, 0.2) is 4.34 Å². The van der Waals surface area contributed by atoms with Crippen LogP contribution in [0.3, 0.4) is 0 Å². The van der Waals surface area contributed by atoms with Gasteiger partial charge in [0.1, 0.15) is 6.34 Å². The van der Waals surface area contributed by atoms with Crippen LogP contribution in [0.15, 0.2) is 42.9 Å². The van der Waals surface area contributed by atoms with Gasteiger partial charge < -0.3 is 15.1 Å². The molecule has 13 heteroatoms. The number of benzene rings is 1. The standard InChI is InChI=1S/C16H21N7O3S3/c1-22(2)10-17-15-20-21-16(28-15)27-9-14(24)19-12-5-7-13(8-6-12)29(25,26)18-11-23(3)4/h5-8,10-11H,9H2,1-4H3,(H,19,24). The van der Waals surface area contributed by atoms with Crippen molar-refractivity contribution >= 4 is 62.5 Å². The minimum Gasteiger partial charge on any atom is -0.369 e. The molecule has 0 radical (unpaired) electrons. The van der Waals surface area contributed by atoms with E-state index >= 15 is 0 Å². The zero-order chi connectivity index (χ0) is 21.4. The van der Waals surface area contributed by atoms with Crippen molar-refractivity contribution in [1.29, 1.82) is 0 Å². The number of nitrogens with zero attached hydrogens (tertiary/aromatic N) is 6. The molecule has 29 heavy (non-hydrogen) atoms. The molecule has 0 spiro atoms. The summed E-state index contributed by atoms with van der Waals surface area (Å²) in [4.78, 5) is 19.6. The highest BCUT2D eigenvalue weighted by atomic mass is 32.2. The van der Waals surface area contributed by atoms with Crippen LogP contribution in [0.25, 0.3) is 0 Å². The highest BCUT2D eigenvalue weighted by molar-refractivity contribution is 8.01. The van der Waals surface area contributed by atoms with E-state index < -0.39 is 10.0 Å². The van der Waals surface area contributed by atoms with Crippen LogP contribution >= 0.6 is 23.1 Å². The maximum atomic E-state index is 12.1. The first-order valence-electron chi connectivity index (χ1n) is 8.19. The zero-order valence-corrected chi connectivity index (χ0v) is 18.8. The molecule has 156 valence electrons. The Balaban J connectivity index is 1.90. The van der Waals surface area contributed by atoms with Crippen molar-refractivity contribution in [2.45, 2.75) is 9.24 Å². The summed E-state index contributed by atoms with van der Waals surface area (Å²) in [6, 6.07) is 5.81. The molecule has 1 N–H and O–H groups in total. The molecular weight excluding hydrogens is 434 g/mol. The van der Waals surface area contributed by atoms with Crippen LogP contribution in [-0.4, -0.2) is 80.9 Å². The van der Waals surface area contributed by atoms with E-state index in [4.69, 9.17) is 0 Å². The maximum Gasteiger partial charge on any atom is 0.283 e. The van der Waals surface area contributed by atoms with Crippen molar-refractivity contribution < 1.29 is 13.2 Å². The van der Waals surface area contributed by atoms with Crippen LogP contribution in [0.2, 0.25) is 0 Å². The van der Waals surface area contributed by atoms with Crippen molar-refractivity contribution in [3.63, 3.8) is 0 Å². The lowest BCUT2D eigenvalue weighted by molar-refractivity contribution is -0.113. The van der Waals surface area contributed by atoms with Gasteiger partial charge in [0.2, 0.25) is 11.0 Å². The number of rotatable bonds is 9. The Morgan fingerprint density at radius 2 is 1.79 bits per heavy atom. The fourth-order valence-electron chi connectivity index (χ4n) is 1.73. The first-order valence-corrected chi connectivity index (χ1v) is 11.4. The number of aromatic nitrogens is 2. The van der Waals surface area contributed by atoms with E-state index in [-0.39, 0.29) is 16.6 Å². The monoisotopic (exact) mass is 455 g/mol. The highest BCUT2D eigenvalue weighted by Crippen LogP contribution is 2.27. The number of hydrogen-bond donors (Lipinski definition) is 1. The van der Waals surface area contributed by atoms with Crippen LogP contribution in [-0.2, 0) is 14.8 Å². The Hall–Kier alpha value is -2.51. The molecule has 0 aliphatic carbocycles. The van der Waals surface area contributed by atoms with Crippen molar-refractivity contribution in [1.82, 2.24) is 20.0 Å². The van der Waals surface area contributed by atoms with Crippen molar-refractivity contribution in [3.8, 4) is 0 Å². The molecule has 1 amide bonds. The second-order valence-electron chi connectivity index (χ2n) is 6.08. The van der Waals surface area contributed by atoms with Gasteiger partial charge in [-0.2, -0.15) is 8.42 Å². The Kier molecular flexibility index (Phi) is 8.10. The fourth-order valence-corrected chi connectivity index (χ4v) is 4.12. The van der Waals surface area contributed by atoms with Crippen molar-refractivity contribution in [2.75, 3.05) is 39.3 Å². The lowest BCUT2D eigenvalue weighted by Gasteiger charge is -2.06. The van der Waals surface area contributed by atoms with E-state index in [1.807, 2.05) is 14.1 Å². The SMILES string of the molecule is CN(C)C=Nc1nnc(SCC(=O)Nc2ccc(S(=O)(=O)N=CN(C)C)cc2)s1. The maximum absolute atomic E-state index is 12.1. The van der Waals surface area contributed by atoms with E-state index in [1.165, 1.54) is 58.6 Å². The Morgan fingerprint density at radius 1 is 1.14 bits per heavy atom. The summed E-state index contributed by atoms with van der Waals surface area (Å²) in [5.74, 6) is -0.107. The largest absolute Gasteiger partial charge is 0.369 e. The van der Waals surface area contributed by atoms with Gasteiger partial charge >= 0.3 is 0 Å². The van der Waals surface area contributed by atoms with E-state index in [2.05, 4.69) is 24.9 Å². The summed E-state index contributed by atoms with van der Waals surface area (Å²) in [6.07, 6.45) is 2.84. The molecule has 0 aliphatic heterocycles. The van der Waals surface area contributed by atoms with Crippen LogP contribution in [0.4, 0.5) is 10.8 Å². The average Bonchev–Trinajstić information content (AvgIpc) is 3.12. The number of hydrogen-bond acceptors (Lipinski definition) is 8. The highest BCUT2D eigenvalue weighted by Gasteiger charge is 2.13. The first kappa shape index (κ1) is 22.8. The van der Waals surface area contributed by atoms with Gasteiger partial charge in [-0.25, -0.2) is 4.99 Å². The number of nitrogens with one attached hydrogen (secondary N) is 1. The Morgan fingerprint density at radius 3 is 2.41 bits per heavy atom. The van der Waals surface area contributed by atoms with E-state index in [0.29, 0.717) is 15.2 Å². The van der Waals surface area contributed by atoms with Crippen LogP contribution in [0.1, 0.15) is 0 Å². The minimum absolute atomic E-state index is 0.0441. The third kappa shape index (κ3) is 7.79. The van der Waals surface area contributed by atoms with E-state index in [0.717, 1.165) is 0 Å². The third-order valence-corrected chi connectivity index (χ3v) is 6.18. The first-order chi connectivity index (χ1) is 13.7. The van der Waals surface area contributed by atoms with Gasteiger partial charge in [-0.05, 0) is 24.3 Å².